The molecule has 0 bridgehead atoms. The topological polar surface area (TPSA) is 89.9 Å². The van der Waals surface area contributed by atoms with Gasteiger partial charge in [-0.2, -0.15) is 0 Å². The highest BCUT2D eigenvalue weighted by atomic mass is 79.9. The van der Waals surface area contributed by atoms with Gasteiger partial charge in [-0.05, 0) is 24.3 Å². The Bertz CT molecular complexity index is 505. The first kappa shape index (κ1) is 14.9. The number of hydrogen-bond acceptors (Lipinski definition) is 5. The van der Waals surface area contributed by atoms with Crippen LogP contribution in [-0.4, -0.2) is 29.6 Å². The number of aliphatic carboxylic acids is 1. The van der Waals surface area contributed by atoms with Crippen molar-refractivity contribution in [3.63, 3.8) is 0 Å². The zero-order valence-corrected chi connectivity index (χ0v) is 11.1. The van der Waals surface area contributed by atoms with E-state index < -0.39 is 24.5 Å². The number of halogens is 1. The molecule has 0 aliphatic carbocycles. The van der Waals surface area contributed by atoms with E-state index in [4.69, 9.17) is 9.84 Å². The molecule has 0 fully saturated rings. The van der Waals surface area contributed by atoms with E-state index in [9.17, 15) is 14.4 Å². The molecular weight excluding hydrogens is 320 g/mol. The Morgan fingerprint density at radius 3 is 2.37 bits per heavy atom. The number of rotatable bonds is 5. The molecule has 0 aliphatic heterocycles. The van der Waals surface area contributed by atoms with Gasteiger partial charge in [0.1, 0.15) is 5.75 Å². The summed E-state index contributed by atoms with van der Waals surface area (Å²) in [5.74, 6) is -2.67. The maximum Gasteiger partial charge on any atom is 0.349 e. The van der Waals surface area contributed by atoms with Crippen LogP contribution in [-0.2, 0) is 19.1 Å². The minimum atomic E-state index is -1.28. The Balaban J connectivity index is 2.38. The molecule has 1 aromatic rings. The predicted octanol–water partition coefficient (Wildman–Crippen LogP) is 1.54. The monoisotopic (exact) mass is 328 g/mol. The van der Waals surface area contributed by atoms with Crippen molar-refractivity contribution in [3.05, 3.63) is 40.9 Å². The van der Waals surface area contributed by atoms with Gasteiger partial charge in [0.25, 0.3) is 0 Å². The highest BCUT2D eigenvalue weighted by molar-refractivity contribution is 9.10. The molecule has 0 atom stereocenters. The second kappa shape index (κ2) is 7.32. The van der Waals surface area contributed by atoms with Crippen LogP contribution < -0.4 is 4.74 Å². The summed E-state index contributed by atoms with van der Waals surface area (Å²) in [6.07, 6.45) is 1.32. The molecule has 0 unspecified atom stereocenters. The Hall–Kier alpha value is -2.15. The maximum atomic E-state index is 11.3. The average molecular weight is 329 g/mol. The summed E-state index contributed by atoms with van der Waals surface area (Å²) >= 11 is 3.22. The van der Waals surface area contributed by atoms with Gasteiger partial charge in [-0.1, -0.05) is 15.9 Å². The van der Waals surface area contributed by atoms with E-state index in [0.717, 1.165) is 4.47 Å². The van der Waals surface area contributed by atoms with E-state index in [2.05, 4.69) is 20.7 Å². The van der Waals surface area contributed by atoms with Crippen LogP contribution in [0.4, 0.5) is 0 Å². The number of carboxylic acid groups (broad SMARTS) is 1. The van der Waals surface area contributed by atoms with Crippen LogP contribution in [0.5, 0.6) is 5.75 Å². The summed E-state index contributed by atoms with van der Waals surface area (Å²) in [6, 6.07) is 6.50. The molecular formula is C12H9BrO6. The van der Waals surface area contributed by atoms with Gasteiger partial charge in [-0.15, -0.1) is 0 Å². The summed E-state index contributed by atoms with van der Waals surface area (Å²) in [5, 5.41) is 8.27. The number of esters is 2. The molecule has 100 valence electrons. The van der Waals surface area contributed by atoms with Crippen molar-refractivity contribution in [2.75, 3.05) is 6.61 Å². The minimum absolute atomic E-state index is 0.310. The fourth-order valence-electron chi connectivity index (χ4n) is 0.981. The first-order valence-electron chi connectivity index (χ1n) is 5.01. The first-order chi connectivity index (χ1) is 8.97. The standard InChI is InChI=1S/C12H9BrO6/c13-8-1-3-9(4-2-8)19-12(17)7-18-11(16)6-5-10(14)15/h1-6H,7H2,(H,14,15)/b6-5-. The number of carbonyl (C=O) groups is 3. The van der Waals surface area contributed by atoms with Crippen molar-refractivity contribution in [1.82, 2.24) is 0 Å². The summed E-state index contributed by atoms with van der Waals surface area (Å²) in [4.78, 5) is 32.4. The summed E-state index contributed by atoms with van der Waals surface area (Å²) in [7, 11) is 0. The molecule has 19 heavy (non-hydrogen) atoms. The van der Waals surface area contributed by atoms with E-state index in [1.165, 1.54) is 0 Å². The fraction of sp³-hybridized carbons (Fsp3) is 0.0833. The molecule has 1 N–H and O–H groups in total. The number of hydrogen-bond donors (Lipinski definition) is 1. The van der Waals surface area contributed by atoms with Gasteiger partial charge in [0, 0.05) is 16.6 Å². The summed E-state index contributed by atoms with van der Waals surface area (Å²) < 4.78 is 10.2. The predicted molar refractivity (Wildman–Crippen MR) is 67.5 cm³/mol. The highest BCUT2D eigenvalue weighted by Crippen LogP contribution is 2.16. The van der Waals surface area contributed by atoms with Gasteiger partial charge < -0.3 is 14.6 Å². The molecule has 0 radical (unpaired) electrons. The van der Waals surface area contributed by atoms with Crippen LogP contribution in [0.1, 0.15) is 0 Å². The molecule has 1 rings (SSSR count). The average Bonchev–Trinajstić information content (AvgIpc) is 2.36. The van der Waals surface area contributed by atoms with Gasteiger partial charge in [0.15, 0.2) is 6.61 Å². The van der Waals surface area contributed by atoms with Crippen molar-refractivity contribution < 1.29 is 29.0 Å². The van der Waals surface area contributed by atoms with Crippen molar-refractivity contribution in [2.45, 2.75) is 0 Å². The molecule has 0 spiro atoms. The Kier molecular flexibility index (Phi) is 5.74. The minimum Gasteiger partial charge on any atom is -0.478 e. The van der Waals surface area contributed by atoms with E-state index in [1.807, 2.05) is 0 Å². The Morgan fingerprint density at radius 1 is 1.16 bits per heavy atom. The third-order valence-electron chi connectivity index (χ3n) is 1.74. The molecule has 0 aliphatic rings. The third kappa shape index (κ3) is 6.37. The van der Waals surface area contributed by atoms with Crippen molar-refractivity contribution >= 4 is 33.8 Å². The second-order valence-corrected chi connectivity index (χ2v) is 4.12. The lowest BCUT2D eigenvalue weighted by atomic mass is 10.3. The second-order valence-electron chi connectivity index (χ2n) is 3.21. The lowest BCUT2D eigenvalue weighted by Gasteiger charge is -2.04. The van der Waals surface area contributed by atoms with Gasteiger partial charge in [-0.3, -0.25) is 0 Å². The van der Waals surface area contributed by atoms with Crippen LogP contribution in [0.15, 0.2) is 40.9 Å². The fourth-order valence-corrected chi connectivity index (χ4v) is 1.25. The van der Waals surface area contributed by atoms with Gasteiger partial charge in [-0.25, -0.2) is 14.4 Å². The quantitative estimate of drug-likeness (QED) is 0.501. The van der Waals surface area contributed by atoms with E-state index in [0.29, 0.717) is 17.9 Å². The third-order valence-corrected chi connectivity index (χ3v) is 2.27. The highest BCUT2D eigenvalue weighted by Gasteiger charge is 2.08. The van der Waals surface area contributed by atoms with Crippen LogP contribution in [0, 0.1) is 0 Å². The van der Waals surface area contributed by atoms with E-state index in [-0.39, 0.29) is 0 Å². The zero-order valence-electron chi connectivity index (χ0n) is 9.54. The molecule has 0 amide bonds. The van der Waals surface area contributed by atoms with Crippen LogP contribution in [0.25, 0.3) is 0 Å². The SMILES string of the molecule is O=C(O)/C=C\C(=O)OCC(=O)Oc1ccc(Br)cc1. The van der Waals surface area contributed by atoms with E-state index >= 15 is 0 Å². The van der Waals surface area contributed by atoms with Crippen molar-refractivity contribution in [3.8, 4) is 5.75 Å². The Labute approximate surface area is 116 Å². The first-order valence-corrected chi connectivity index (χ1v) is 5.80. The number of carbonyl (C=O) groups excluding carboxylic acids is 2. The van der Waals surface area contributed by atoms with Crippen LogP contribution in [0.2, 0.25) is 0 Å². The van der Waals surface area contributed by atoms with Crippen LogP contribution in [0.3, 0.4) is 0 Å². The van der Waals surface area contributed by atoms with Gasteiger partial charge >= 0.3 is 17.9 Å². The number of carboxylic acids is 1. The van der Waals surface area contributed by atoms with Crippen molar-refractivity contribution in [1.29, 1.82) is 0 Å². The van der Waals surface area contributed by atoms with E-state index in [1.54, 1.807) is 24.3 Å². The number of ether oxygens (including phenoxy) is 2. The summed E-state index contributed by atoms with van der Waals surface area (Å²) in [6.45, 7) is -0.598. The zero-order chi connectivity index (χ0) is 14.3. The molecule has 6 nitrogen and oxygen atoms in total. The molecule has 7 heteroatoms. The Morgan fingerprint density at radius 2 is 1.79 bits per heavy atom. The summed E-state index contributed by atoms with van der Waals surface area (Å²) in [5.41, 5.74) is 0. The van der Waals surface area contributed by atoms with Gasteiger partial charge in [0.2, 0.25) is 0 Å². The molecule has 1 aromatic carbocycles. The largest absolute Gasteiger partial charge is 0.478 e. The van der Waals surface area contributed by atoms with Crippen molar-refractivity contribution in [2.24, 2.45) is 0 Å². The molecule has 0 saturated heterocycles. The molecule has 0 saturated carbocycles. The number of benzene rings is 1. The smallest absolute Gasteiger partial charge is 0.349 e. The molecule has 0 heterocycles. The van der Waals surface area contributed by atoms with Crippen LogP contribution >= 0.6 is 15.9 Å². The maximum absolute atomic E-state index is 11.3. The normalized spacial score (nSPS) is 10.2. The lowest BCUT2D eigenvalue weighted by molar-refractivity contribution is -0.150. The molecule has 0 aromatic heterocycles. The lowest BCUT2D eigenvalue weighted by Crippen LogP contribution is -2.17. The van der Waals surface area contributed by atoms with Gasteiger partial charge in [0.05, 0.1) is 0 Å².